The van der Waals surface area contributed by atoms with Crippen LogP contribution in [0.25, 0.3) is 0 Å². The van der Waals surface area contributed by atoms with Gasteiger partial charge in [-0.15, -0.1) is 0 Å². The Morgan fingerprint density at radius 2 is 1.04 bits per heavy atom. The number of rotatable bonds is 5. The van der Waals surface area contributed by atoms with E-state index in [0.717, 1.165) is 0 Å². The van der Waals surface area contributed by atoms with Crippen LogP contribution < -0.4 is 0 Å². The molecule has 1 fully saturated rings. The summed E-state index contributed by atoms with van der Waals surface area (Å²) in [4.78, 5) is 0. The molecule has 0 bridgehead atoms. The van der Waals surface area contributed by atoms with Crippen LogP contribution >= 0.6 is 0 Å². The first kappa shape index (κ1) is 22.7. The van der Waals surface area contributed by atoms with Crippen LogP contribution in [0.15, 0.2) is 0 Å². The second-order valence-corrected chi connectivity index (χ2v) is 5.21. The summed E-state index contributed by atoms with van der Waals surface area (Å²) in [5.41, 5.74) is 0. The Morgan fingerprint density at radius 1 is 0.640 bits per heavy atom. The summed E-state index contributed by atoms with van der Waals surface area (Å²) in [5.74, 6) is 0. The fourth-order valence-electron chi connectivity index (χ4n) is 2.13. The molecule has 0 aromatic heterocycles. The highest BCUT2D eigenvalue weighted by Crippen LogP contribution is 2.08. The van der Waals surface area contributed by atoms with E-state index in [0.29, 0.717) is 85.9 Å². The third-order valence-electron chi connectivity index (χ3n) is 3.30. The smallest absolute Gasteiger partial charge is 0.185 e. The van der Waals surface area contributed by atoms with Crippen molar-refractivity contribution in [1.82, 2.24) is 0 Å². The predicted octanol–water partition coefficient (Wildman–Crippen LogP) is 0.867. The highest BCUT2D eigenvalue weighted by atomic mass is 16.7. The molecule has 1 aliphatic rings. The van der Waals surface area contributed by atoms with E-state index in [1.165, 1.54) is 0 Å². The van der Waals surface area contributed by atoms with E-state index >= 15 is 0 Å². The number of ether oxygens (including phenoxy) is 8. The summed E-state index contributed by atoms with van der Waals surface area (Å²) in [5, 5.41) is 0. The summed E-state index contributed by atoms with van der Waals surface area (Å²) >= 11 is 0. The van der Waals surface area contributed by atoms with Gasteiger partial charge in [0.15, 0.2) is 6.29 Å². The summed E-state index contributed by atoms with van der Waals surface area (Å²) in [6.45, 7) is 10.4. The minimum atomic E-state index is -0.460. The molecule has 0 radical (unpaired) electrons. The fraction of sp³-hybridized carbons (Fsp3) is 1.00. The van der Waals surface area contributed by atoms with Crippen molar-refractivity contribution in [3.05, 3.63) is 0 Å². The third-order valence-corrected chi connectivity index (χ3v) is 3.30. The minimum absolute atomic E-state index is 0.318. The van der Waals surface area contributed by atoms with Crippen molar-refractivity contribution in [1.29, 1.82) is 0 Å². The van der Waals surface area contributed by atoms with Gasteiger partial charge >= 0.3 is 0 Å². The summed E-state index contributed by atoms with van der Waals surface area (Å²) in [6, 6.07) is 0. The molecule has 150 valence electrons. The van der Waals surface area contributed by atoms with Crippen molar-refractivity contribution in [2.75, 3.05) is 85.9 Å². The zero-order valence-electron chi connectivity index (χ0n) is 15.6. The highest BCUT2D eigenvalue weighted by molar-refractivity contribution is 4.63. The van der Waals surface area contributed by atoms with Crippen molar-refractivity contribution >= 4 is 0 Å². The number of hydrogen-bond acceptors (Lipinski definition) is 8. The monoisotopic (exact) mass is 366 g/mol. The Hall–Kier alpha value is -0.320. The standard InChI is InChI=1S/C17H34O8/c1-3-23-17(24-4-2)16-15-22-12-11-20-8-7-18-5-6-19-9-10-21-13-14-25-16/h16-17H,3-15H2,1-2H3. The maximum absolute atomic E-state index is 5.85. The molecule has 0 spiro atoms. The topological polar surface area (TPSA) is 73.8 Å². The van der Waals surface area contributed by atoms with Crippen LogP contribution in [0.5, 0.6) is 0 Å². The lowest BCUT2D eigenvalue weighted by atomic mass is 10.3. The Labute approximate surface area is 150 Å². The molecule has 0 aromatic rings. The van der Waals surface area contributed by atoms with E-state index in [1.807, 2.05) is 13.8 Å². The van der Waals surface area contributed by atoms with Gasteiger partial charge in [0, 0.05) is 13.2 Å². The molecule has 1 atom stereocenters. The molecule has 0 aliphatic carbocycles. The van der Waals surface area contributed by atoms with E-state index in [9.17, 15) is 0 Å². The Morgan fingerprint density at radius 3 is 1.48 bits per heavy atom. The van der Waals surface area contributed by atoms with Gasteiger partial charge in [0.25, 0.3) is 0 Å². The maximum Gasteiger partial charge on any atom is 0.185 e. The van der Waals surface area contributed by atoms with Crippen LogP contribution in [0.2, 0.25) is 0 Å². The van der Waals surface area contributed by atoms with Gasteiger partial charge in [-0.1, -0.05) is 0 Å². The van der Waals surface area contributed by atoms with E-state index in [1.54, 1.807) is 0 Å². The SMILES string of the molecule is CCOC(OCC)C1COCCOCCOCCOCCOCCO1. The van der Waals surface area contributed by atoms with E-state index < -0.39 is 6.29 Å². The van der Waals surface area contributed by atoms with Crippen LogP contribution in [-0.4, -0.2) is 98.3 Å². The average molecular weight is 366 g/mol. The van der Waals surface area contributed by atoms with Crippen molar-refractivity contribution < 1.29 is 37.9 Å². The lowest BCUT2D eigenvalue weighted by molar-refractivity contribution is -0.218. The van der Waals surface area contributed by atoms with Gasteiger partial charge in [0.2, 0.25) is 0 Å². The average Bonchev–Trinajstić information content (AvgIpc) is 2.61. The van der Waals surface area contributed by atoms with Crippen LogP contribution in [0.3, 0.4) is 0 Å². The molecule has 8 nitrogen and oxygen atoms in total. The van der Waals surface area contributed by atoms with Gasteiger partial charge in [-0.05, 0) is 13.8 Å². The lowest BCUT2D eigenvalue weighted by Crippen LogP contribution is -2.39. The first-order chi connectivity index (χ1) is 12.4. The third kappa shape index (κ3) is 12.6. The lowest BCUT2D eigenvalue weighted by Gasteiger charge is -2.26. The van der Waals surface area contributed by atoms with Gasteiger partial charge < -0.3 is 37.9 Å². The van der Waals surface area contributed by atoms with Crippen molar-refractivity contribution in [3.8, 4) is 0 Å². The molecule has 1 unspecified atom stereocenters. The molecule has 25 heavy (non-hydrogen) atoms. The van der Waals surface area contributed by atoms with Crippen LogP contribution in [0, 0.1) is 0 Å². The molecular weight excluding hydrogens is 332 g/mol. The van der Waals surface area contributed by atoms with Gasteiger partial charge in [-0.3, -0.25) is 0 Å². The van der Waals surface area contributed by atoms with Crippen molar-refractivity contribution in [2.45, 2.75) is 26.2 Å². The Balaban J connectivity index is 2.40. The van der Waals surface area contributed by atoms with E-state index in [-0.39, 0.29) is 6.10 Å². The number of hydrogen-bond donors (Lipinski definition) is 0. The van der Waals surface area contributed by atoms with Crippen molar-refractivity contribution in [3.63, 3.8) is 0 Å². The highest BCUT2D eigenvalue weighted by Gasteiger charge is 2.23. The van der Waals surface area contributed by atoms with Crippen LogP contribution in [0.1, 0.15) is 13.8 Å². The second kappa shape index (κ2) is 17.1. The maximum atomic E-state index is 5.85. The minimum Gasteiger partial charge on any atom is -0.377 e. The Bertz CT molecular complexity index is 255. The molecule has 0 saturated carbocycles. The van der Waals surface area contributed by atoms with E-state index in [2.05, 4.69) is 0 Å². The van der Waals surface area contributed by atoms with Crippen LogP contribution in [0.4, 0.5) is 0 Å². The normalized spacial score (nSPS) is 23.9. The summed E-state index contributed by atoms with van der Waals surface area (Å²) < 4.78 is 44.5. The zero-order chi connectivity index (χ0) is 18.0. The molecule has 1 aliphatic heterocycles. The largest absolute Gasteiger partial charge is 0.377 e. The van der Waals surface area contributed by atoms with Gasteiger partial charge in [0.05, 0.1) is 72.7 Å². The predicted molar refractivity (Wildman–Crippen MR) is 90.9 cm³/mol. The first-order valence-corrected chi connectivity index (χ1v) is 9.12. The molecule has 0 N–H and O–H groups in total. The van der Waals surface area contributed by atoms with Gasteiger partial charge in [-0.2, -0.15) is 0 Å². The molecule has 0 amide bonds. The van der Waals surface area contributed by atoms with Crippen molar-refractivity contribution in [2.24, 2.45) is 0 Å². The molecule has 1 heterocycles. The first-order valence-electron chi connectivity index (χ1n) is 9.12. The molecule has 1 rings (SSSR count). The van der Waals surface area contributed by atoms with E-state index in [4.69, 9.17) is 37.9 Å². The van der Waals surface area contributed by atoms with Crippen LogP contribution in [-0.2, 0) is 37.9 Å². The molecule has 1 saturated heterocycles. The molecule has 8 heteroatoms. The quantitative estimate of drug-likeness (QED) is 0.664. The van der Waals surface area contributed by atoms with Gasteiger partial charge in [-0.25, -0.2) is 0 Å². The summed E-state index contributed by atoms with van der Waals surface area (Å²) in [6.07, 6.45) is -0.778. The molecular formula is C17H34O8. The fourth-order valence-corrected chi connectivity index (χ4v) is 2.13. The van der Waals surface area contributed by atoms with Gasteiger partial charge in [0.1, 0.15) is 6.10 Å². The second-order valence-electron chi connectivity index (χ2n) is 5.21. The molecule has 0 aromatic carbocycles. The zero-order valence-corrected chi connectivity index (χ0v) is 15.6. The summed E-state index contributed by atoms with van der Waals surface area (Å²) in [7, 11) is 0. The Kier molecular flexibility index (Phi) is 15.6.